The Morgan fingerprint density at radius 1 is 1.44 bits per heavy atom. The largest absolute Gasteiger partial charge is 0.396 e. The molecule has 1 saturated heterocycles. The molecule has 4 nitrogen and oxygen atoms in total. The highest BCUT2D eigenvalue weighted by atomic mass is 35.5. The molecule has 0 aliphatic carbocycles. The maximum Gasteiger partial charge on any atom is 0.321 e. The predicted octanol–water partition coefficient (Wildman–Crippen LogP) is 1.80. The van der Waals surface area contributed by atoms with Gasteiger partial charge in [-0.15, -0.1) is 0 Å². The van der Waals surface area contributed by atoms with Crippen LogP contribution < -0.4 is 5.32 Å². The van der Waals surface area contributed by atoms with Gasteiger partial charge >= 0.3 is 6.03 Å². The van der Waals surface area contributed by atoms with Gasteiger partial charge in [0, 0.05) is 36.3 Å². The average molecular weight is 241 g/mol. The van der Waals surface area contributed by atoms with E-state index in [1.165, 1.54) is 0 Å². The van der Waals surface area contributed by atoms with Crippen LogP contribution in [0.15, 0.2) is 24.3 Å². The van der Waals surface area contributed by atoms with E-state index < -0.39 is 0 Å². The Labute approximate surface area is 98.8 Å². The van der Waals surface area contributed by atoms with Crippen molar-refractivity contribution in [1.29, 1.82) is 0 Å². The quantitative estimate of drug-likeness (QED) is 0.828. The molecular formula is C11H13ClN2O2. The normalized spacial score (nSPS) is 15.8. The van der Waals surface area contributed by atoms with E-state index in [1.807, 2.05) is 0 Å². The first-order valence-electron chi connectivity index (χ1n) is 5.11. The van der Waals surface area contributed by atoms with Gasteiger partial charge in [-0.1, -0.05) is 11.6 Å². The summed E-state index contributed by atoms with van der Waals surface area (Å²) in [6, 6.07) is 6.83. The number of carbonyl (C=O) groups is 1. The number of rotatable bonds is 2. The Hall–Kier alpha value is -1.26. The molecule has 2 amide bonds. The summed E-state index contributed by atoms with van der Waals surface area (Å²) in [4.78, 5) is 13.3. The molecule has 1 fully saturated rings. The summed E-state index contributed by atoms with van der Waals surface area (Å²) < 4.78 is 0. The Balaban J connectivity index is 1.86. The van der Waals surface area contributed by atoms with Crippen LogP contribution in [0.2, 0.25) is 5.02 Å². The number of urea groups is 1. The first-order valence-corrected chi connectivity index (χ1v) is 5.49. The van der Waals surface area contributed by atoms with Crippen LogP contribution >= 0.6 is 11.6 Å². The van der Waals surface area contributed by atoms with Gasteiger partial charge in [-0.2, -0.15) is 0 Å². The minimum Gasteiger partial charge on any atom is -0.396 e. The number of aliphatic hydroxyl groups is 1. The Morgan fingerprint density at radius 3 is 2.62 bits per heavy atom. The van der Waals surface area contributed by atoms with E-state index in [9.17, 15) is 4.79 Å². The van der Waals surface area contributed by atoms with Gasteiger partial charge in [0.1, 0.15) is 0 Å². The minimum absolute atomic E-state index is 0.132. The number of aliphatic hydroxyl groups excluding tert-OH is 1. The summed E-state index contributed by atoms with van der Waals surface area (Å²) >= 11 is 5.74. The zero-order chi connectivity index (χ0) is 11.5. The van der Waals surface area contributed by atoms with Crippen molar-refractivity contribution in [3.8, 4) is 0 Å². The Morgan fingerprint density at radius 2 is 2.06 bits per heavy atom. The molecule has 5 heteroatoms. The molecule has 2 rings (SSSR count). The van der Waals surface area contributed by atoms with Gasteiger partial charge in [0.25, 0.3) is 0 Å². The van der Waals surface area contributed by atoms with Crippen LogP contribution in [0.25, 0.3) is 0 Å². The lowest BCUT2D eigenvalue weighted by atomic mass is 10.0. The van der Waals surface area contributed by atoms with Gasteiger partial charge in [-0.25, -0.2) is 4.79 Å². The lowest BCUT2D eigenvalue weighted by Crippen LogP contribution is -2.52. The molecule has 16 heavy (non-hydrogen) atoms. The lowest BCUT2D eigenvalue weighted by Gasteiger charge is -2.38. The summed E-state index contributed by atoms with van der Waals surface area (Å²) in [6.07, 6.45) is 0. The molecule has 1 aliphatic heterocycles. The third kappa shape index (κ3) is 2.46. The second-order valence-corrected chi connectivity index (χ2v) is 4.33. The van der Waals surface area contributed by atoms with E-state index in [1.54, 1.807) is 29.2 Å². The maximum absolute atomic E-state index is 11.6. The summed E-state index contributed by atoms with van der Waals surface area (Å²) in [5.41, 5.74) is 0.724. The monoisotopic (exact) mass is 240 g/mol. The standard InChI is InChI=1S/C11H13ClN2O2/c12-9-1-3-10(4-2-9)13-11(16)14-5-8(6-14)7-15/h1-4,8,15H,5-7H2,(H,13,16). The van der Waals surface area contributed by atoms with Gasteiger partial charge in [-0.3, -0.25) is 0 Å². The third-order valence-corrected chi connectivity index (χ3v) is 2.85. The van der Waals surface area contributed by atoms with Crippen LogP contribution in [0.4, 0.5) is 10.5 Å². The van der Waals surface area contributed by atoms with Crippen LogP contribution in [0, 0.1) is 5.92 Å². The van der Waals surface area contributed by atoms with Crippen LogP contribution in [-0.2, 0) is 0 Å². The number of carbonyl (C=O) groups excluding carboxylic acids is 1. The molecule has 1 aromatic carbocycles. The summed E-state index contributed by atoms with van der Waals surface area (Å²) in [5.74, 6) is 0.232. The van der Waals surface area contributed by atoms with Gasteiger partial charge in [0.2, 0.25) is 0 Å². The van der Waals surface area contributed by atoms with E-state index >= 15 is 0 Å². The van der Waals surface area contributed by atoms with E-state index in [0.29, 0.717) is 18.1 Å². The molecule has 86 valence electrons. The van der Waals surface area contributed by atoms with Crippen molar-refractivity contribution in [3.63, 3.8) is 0 Å². The van der Waals surface area contributed by atoms with Gasteiger partial charge < -0.3 is 15.3 Å². The van der Waals surface area contributed by atoms with Gasteiger partial charge in [0.15, 0.2) is 0 Å². The molecule has 0 aromatic heterocycles. The first-order chi connectivity index (χ1) is 7.69. The molecule has 2 N–H and O–H groups in total. The zero-order valence-electron chi connectivity index (χ0n) is 8.69. The van der Waals surface area contributed by atoms with Crippen LogP contribution in [0.3, 0.4) is 0 Å². The van der Waals surface area contributed by atoms with E-state index in [2.05, 4.69) is 5.32 Å². The fourth-order valence-corrected chi connectivity index (χ4v) is 1.71. The van der Waals surface area contributed by atoms with Crippen molar-refractivity contribution in [2.45, 2.75) is 0 Å². The maximum atomic E-state index is 11.6. The van der Waals surface area contributed by atoms with Crippen LogP contribution in [-0.4, -0.2) is 35.7 Å². The Kier molecular flexibility index (Phi) is 3.31. The fourth-order valence-electron chi connectivity index (χ4n) is 1.59. The summed E-state index contributed by atoms with van der Waals surface area (Å²) in [6.45, 7) is 1.39. The van der Waals surface area contributed by atoms with Crippen LogP contribution in [0.5, 0.6) is 0 Å². The van der Waals surface area contributed by atoms with Crippen LogP contribution in [0.1, 0.15) is 0 Å². The number of amides is 2. The number of likely N-dealkylation sites (tertiary alicyclic amines) is 1. The number of nitrogens with zero attached hydrogens (tertiary/aromatic N) is 1. The second-order valence-electron chi connectivity index (χ2n) is 3.89. The molecule has 0 spiro atoms. The topological polar surface area (TPSA) is 52.6 Å². The molecule has 0 bridgehead atoms. The van der Waals surface area contributed by atoms with Crippen molar-refractivity contribution in [2.24, 2.45) is 5.92 Å². The van der Waals surface area contributed by atoms with Gasteiger partial charge in [-0.05, 0) is 24.3 Å². The molecule has 1 heterocycles. The second kappa shape index (κ2) is 4.72. The van der Waals surface area contributed by atoms with Crippen molar-refractivity contribution in [1.82, 2.24) is 4.90 Å². The molecule has 1 aliphatic rings. The van der Waals surface area contributed by atoms with E-state index in [0.717, 1.165) is 5.69 Å². The number of anilines is 1. The summed E-state index contributed by atoms with van der Waals surface area (Å²) in [7, 11) is 0. The molecule has 0 radical (unpaired) electrons. The van der Waals surface area contributed by atoms with Gasteiger partial charge in [0.05, 0.1) is 0 Å². The SMILES string of the molecule is O=C(Nc1ccc(Cl)cc1)N1CC(CO)C1. The third-order valence-electron chi connectivity index (χ3n) is 2.60. The molecule has 0 unspecified atom stereocenters. The zero-order valence-corrected chi connectivity index (χ0v) is 9.44. The first kappa shape index (κ1) is 11.2. The molecular weight excluding hydrogens is 228 g/mol. The number of hydrogen-bond donors (Lipinski definition) is 2. The van der Waals surface area contributed by atoms with Crippen molar-refractivity contribution >= 4 is 23.3 Å². The number of benzene rings is 1. The smallest absolute Gasteiger partial charge is 0.321 e. The number of halogens is 1. The minimum atomic E-state index is -0.132. The van der Waals surface area contributed by atoms with E-state index in [4.69, 9.17) is 16.7 Å². The molecule has 0 atom stereocenters. The lowest BCUT2D eigenvalue weighted by molar-refractivity contribution is 0.0838. The van der Waals surface area contributed by atoms with Crippen molar-refractivity contribution in [2.75, 3.05) is 25.0 Å². The number of nitrogens with one attached hydrogen (secondary N) is 1. The molecule has 0 saturated carbocycles. The molecule has 1 aromatic rings. The van der Waals surface area contributed by atoms with Crippen molar-refractivity contribution in [3.05, 3.63) is 29.3 Å². The number of hydrogen-bond acceptors (Lipinski definition) is 2. The highest BCUT2D eigenvalue weighted by molar-refractivity contribution is 6.30. The Bertz CT molecular complexity index is 374. The van der Waals surface area contributed by atoms with E-state index in [-0.39, 0.29) is 18.6 Å². The highest BCUT2D eigenvalue weighted by Crippen LogP contribution is 2.18. The highest BCUT2D eigenvalue weighted by Gasteiger charge is 2.29. The fraction of sp³-hybridized carbons (Fsp3) is 0.364. The summed E-state index contributed by atoms with van der Waals surface area (Å²) in [5, 5.41) is 12.2. The predicted molar refractivity (Wildman–Crippen MR) is 62.6 cm³/mol. The average Bonchev–Trinajstić information content (AvgIpc) is 2.20. The van der Waals surface area contributed by atoms with Crippen molar-refractivity contribution < 1.29 is 9.90 Å².